The van der Waals surface area contributed by atoms with Crippen molar-refractivity contribution in [1.82, 2.24) is 14.3 Å². The lowest BCUT2D eigenvalue weighted by atomic mass is 9.86. The largest absolute Gasteiger partial charge is 0.395 e. The van der Waals surface area contributed by atoms with Crippen LogP contribution < -0.4 is 16.6 Å². The molecule has 2 fully saturated rings. The molecule has 0 bridgehead atoms. The smallest absolute Gasteiger partial charge is 0.347 e. The van der Waals surface area contributed by atoms with Gasteiger partial charge in [0.25, 0.3) is 5.56 Å². The van der Waals surface area contributed by atoms with Crippen molar-refractivity contribution in [2.75, 3.05) is 18.5 Å². The molecule has 0 spiro atoms. The molecule has 2 aliphatic rings. The molecule has 170 valence electrons. The summed E-state index contributed by atoms with van der Waals surface area (Å²) in [5.41, 5.74) is -0.650. The number of aromatic nitrogens is 3. The van der Waals surface area contributed by atoms with Crippen molar-refractivity contribution in [1.29, 1.82) is 0 Å². The first-order valence-corrected chi connectivity index (χ1v) is 12.3. The van der Waals surface area contributed by atoms with Gasteiger partial charge in [0.2, 0.25) is 5.82 Å². The Bertz CT molecular complexity index is 746. The maximum Gasteiger partial charge on any atom is 0.347 e. The van der Waals surface area contributed by atoms with Crippen LogP contribution in [0.5, 0.6) is 0 Å². The molecule has 1 aromatic rings. The van der Waals surface area contributed by atoms with Crippen LogP contribution >= 0.6 is 0 Å². The normalized spacial score (nSPS) is 18.6. The number of aliphatic hydroxyl groups excluding tert-OH is 1. The highest BCUT2D eigenvalue weighted by Crippen LogP contribution is 2.28. The van der Waals surface area contributed by atoms with Crippen molar-refractivity contribution < 1.29 is 5.11 Å². The fraction of sp³-hybridized carbons (Fsp3) is 0.870. The van der Waals surface area contributed by atoms with Gasteiger partial charge < -0.3 is 10.4 Å². The molecule has 30 heavy (non-hydrogen) atoms. The Morgan fingerprint density at radius 2 is 1.43 bits per heavy atom. The van der Waals surface area contributed by atoms with Gasteiger partial charge in [0.1, 0.15) is 0 Å². The molecule has 2 aliphatic carbocycles. The lowest BCUT2D eigenvalue weighted by molar-refractivity contribution is 0.309. The predicted molar refractivity (Wildman–Crippen MR) is 120 cm³/mol. The van der Waals surface area contributed by atoms with Crippen molar-refractivity contribution >= 4 is 5.82 Å². The quantitative estimate of drug-likeness (QED) is 0.572. The van der Waals surface area contributed by atoms with Crippen LogP contribution in [0.1, 0.15) is 89.9 Å². The molecule has 0 atom stereocenters. The maximum atomic E-state index is 13.0. The molecule has 1 heterocycles. The summed E-state index contributed by atoms with van der Waals surface area (Å²) in [6.07, 6.45) is 17.1. The van der Waals surface area contributed by atoms with E-state index in [-0.39, 0.29) is 30.2 Å². The second kappa shape index (κ2) is 12.3. The molecule has 0 radical (unpaired) electrons. The van der Waals surface area contributed by atoms with Crippen molar-refractivity contribution in [3.8, 4) is 0 Å². The van der Waals surface area contributed by atoms with E-state index in [2.05, 4.69) is 10.4 Å². The molecule has 2 N–H and O–H groups in total. The van der Waals surface area contributed by atoms with Crippen LogP contribution in [-0.2, 0) is 13.1 Å². The van der Waals surface area contributed by atoms with E-state index in [4.69, 9.17) is 5.11 Å². The predicted octanol–water partition coefficient (Wildman–Crippen LogP) is 3.53. The van der Waals surface area contributed by atoms with Crippen LogP contribution in [0.25, 0.3) is 0 Å². The number of aliphatic hydroxyl groups is 1. The zero-order valence-electron chi connectivity index (χ0n) is 18.5. The average Bonchev–Trinajstić information content (AvgIpc) is 2.78. The molecule has 7 heteroatoms. The third kappa shape index (κ3) is 6.69. The molecular formula is C23H40N4O3. The highest BCUT2D eigenvalue weighted by Gasteiger charge is 2.17. The van der Waals surface area contributed by atoms with E-state index in [1.54, 1.807) is 0 Å². The van der Waals surface area contributed by atoms with Crippen LogP contribution in [0, 0.1) is 11.8 Å². The number of hydrogen-bond acceptors (Lipinski definition) is 5. The van der Waals surface area contributed by atoms with Gasteiger partial charge >= 0.3 is 5.69 Å². The summed E-state index contributed by atoms with van der Waals surface area (Å²) in [6.45, 7) is 1.17. The van der Waals surface area contributed by atoms with Gasteiger partial charge in [-0.2, -0.15) is 0 Å². The Balaban J connectivity index is 1.64. The molecule has 3 rings (SSSR count). The molecule has 0 aliphatic heterocycles. The van der Waals surface area contributed by atoms with E-state index in [0.717, 1.165) is 37.5 Å². The molecule has 0 saturated heterocycles. The minimum absolute atomic E-state index is 0.0798. The average molecular weight is 421 g/mol. The monoisotopic (exact) mass is 420 g/mol. The lowest BCUT2D eigenvalue weighted by Gasteiger charge is -2.22. The van der Waals surface area contributed by atoms with E-state index in [9.17, 15) is 9.59 Å². The Hall–Kier alpha value is -1.63. The number of hydrogen-bond donors (Lipinski definition) is 2. The van der Waals surface area contributed by atoms with E-state index >= 15 is 0 Å². The standard InChI is InChI=1S/C23H40N4O3/c28-18-15-24-21-22(29)26(16-7-13-19-9-3-1-4-10-19)23(30)27(25-21)17-8-14-20-11-5-2-6-12-20/h19-20,28H,1-18H2,(H,24,25). The topological polar surface area (TPSA) is 89.2 Å². The summed E-state index contributed by atoms with van der Waals surface area (Å²) in [5.74, 6) is 1.68. The summed E-state index contributed by atoms with van der Waals surface area (Å²) in [7, 11) is 0. The first-order chi connectivity index (χ1) is 14.7. The van der Waals surface area contributed by atoms with Crippen molar-refractivity contribution in [2.45, 2.75) is 103 Å². The Kier molecular flexibility index (Phi) is 9.43. The second-order valence-electron chi connectivity index (χ2n) is 9.25. The maximum absolute atomic E-state index is 13.0. The minimum Gasteiger partial charge on any atom is -0.395 e. The van der Waals surface area contributed by atoms with E-state index in [1.165, 1.54) is 73.5 Å². The van der Waals surface area contributed by atoms with Gasteiger partial charge in [-0.1, -0.05) is 64.2 Å². The van der Waals surface area contributed by atoms with Gasteiger partial charge in [-0.15, -0.1) is 5.10 Å². The number of nitrogens with zero attached hydrogens (tertiary/aromatic N) is 3. The van der Waals surface area contributed by atoms with Crippen LogP contribution in [0.3, 0.4) is 0 Å². The van der Waals surface area contributed by atoms with Gasteiger partial charge in [0.15, 0.2) is 0 Å². The number of anilines is 1. The fourth-order valence-electron chi connectivity index (χ4n) is 5.21. The summed E-state index contributed by atoms with van der Waals surface area (Å²) >= 11 is 0. The number of nitrogens with one attached hydrogen (secondary N) is 1. The molecule has 0 aromatic carbocycles. The van der Waals surface area contributed by atoms with Gasteiger partial charge in [-0.3, -0.25) is 9.36 Å². The van der Waals surface area contributed by atoms with Gasteiger partial charge in [-0.05, 0) is 37.5 Å². The number of aryl methyl sites for hydroxylation is 1. The van der Waals surface area contributed by atoms with E-state index in [0.29, 0.717) is 13.1 Å². The van der Waals surface area contributed by atoms with Crippen LogP contribution in [-0.4, -0.2) is 32.6 Å². The first-order valence-electron chi connectivity index (χ1n) is 12.3. The highest BCUT2D eigenvalue weighted by molar-refractivity contribution is 5.29. The first kappa shape index (κ1) is 23.0. The van der Waals surface area contributed by atoms with Crippen LogP contribution in [0.15, 0.2) is 9.59 Å². The number of rotatable bonds is 11. The van der Waals surface area contributed by atoms with Gasteiger partial charge in [0, 0.05) is 19.6 Å². The zero-order chi connectivity index (χ0) is 21.2. The molecule has 0 unspecified atom stereocenters. The van der Waals surface area contributed by atoms with Crippen molar-refractivity contribution in [2.24, 2.45) is 11.8 Å². The van der Waals surface area contributed by atoms with Crippen LogP contribution in [0.2, 0.25) is 0 Å². The third-order valence-corrected chi connectivity index (χ3v) is 6.95. The summed E-state index contributed by atoms with van der Waals surface area (Å²) in [4.78, 5) is 25.8. The van der Waals surface area contributed by atoms with Crippen LogP contribution in [0.4, 0.5) is 5.82 Å². The van der Waals surface area contributed by atoms with E-state index < -0.39 is 0 Å². The molecule has 0 amide bonds. The highest BCUT2D eigenvalue weighted by atomic mass is 16.3. The summed E-state index contributed by atoms with van der Waals surface area (Å²) < 4.78 is 2.82. The lowest BCUT2D eigenvalue weighted by Crippen LogP contribution is -2.43. The molecule has 7 nitrogen and oxygen atoms in total. The Labute approximate surface area is 179 Å². The Morgan fingerprint density at radius 3 is 2.00 bits per heavy atom. The van der Waals surface area contributed by atoms with E-state index in [1.807, 2.05) is 0 Å². The Morgan fingerprint density at radius 1 is 0.867 bits per heavy atom. The van der Waals surface area contributed by atoms with Crippen molar-refractivity contribution in [3.05, 3.63) is 20.8 Å². The summed E-state index contributed by atoms with van der Waals surface area (Å²) in [5, 5.41) is 16.3. The zero-order valence-corrected chi connectivity index (χ0v) is 18.5. The summed E-state index contributed by atoms with van der Waals surface area (Å²) in [6, 6.07) is 0. The fourth-order valence-corrected chi connectivity index (χ4v) is 5.21. The SMILES string of the molecule is O=c1c(NCCO)nn(CCCC2CCCCC2)c(=O)n1CCCC1CCCCC1. The third-order valence-electron chi connectivity index (χ3n) is 6.95. The minimum atomic E-state index is -0.361. The van der Waals surface area contributed by atoms with Gasteiger partial charge in [-0.25, -0.2) is 9.48 Å². The second-order valence-corrected chi connectivity index (χ2v) is 9.25. The molecule has 1 aromatic heterocycles. The van der Waals surface area contributed by atoms with Crippen molar-refractivity contribution in [3.63, 3.8) is 0 Å². The van der Waals surface area contributed by atoms with Gasteiger partial charge in [0.05, 0.1) is 6.61 Å². The molecular weight excluding hydrogens is 380 g/mol. The molecule has 2 saturated carbocycles.